The summed E-state index contributed by atoms with van der Waals surface area (Å²) >= 11 is 0. The van der Waals surface area contributed by atoms with Crippen LogP contribution in [-0.4, -0.2) is 43.3 Å². The average molecular weight is 522 g/mol. The predicted octanol–water partition coefficient (Wildman–Crippen LogP) is 4.53. The minimum Gasteiger partial charge on any atom is -0.494 e. The second-order valence-electron chi connectivity index (χ2n) is 7.83. The van der Waals surface area contributed by atoms with Gasteiger partial charge in [-0.3, -0.25) is 14.9 Å². The minimum absolute atomic E-state index is 0.0252. The van der Waals surface area contributed by atoms with Crippen molar-refractivity contribution >= 4 is 23.8 Å². The van der Waals surface area contributed by atoms with Gasteiger partial charge in [0.05, 0.1) is 30.4 Å². The number of carbonyl (C=O) groups excluding carboxylic acids is 2. The van der Waals surface area contributed by atoms with Crippen LogP contribution in [0, 0.1) is 10.1 Å². The van der Waals surface area contributed by atoms with Crippen molar-refractivity contribution in [3.8, 4) is 23.0 Å². The first-order valence-electron chi connectivity index (χ1n) is 11.7. The molecule has 0 saturated heterocycles. The number of unbranched alkanes of at least 4 members (excludes halogenated alkanes) is 1. The second kappa shape index (κ2) is 14.0. The molecule has 0 atom stereocenters. The Morgan fingerprint density at radius 1 is 1.00 bits per heavy atom. The van der Waals surface area contributed by atoms with Gasteiger partial charge in [0.25, 0.3) is 5.91 Å². The number of nitro benzene ring substituents is 1. The molecule has 0 aliphatic carbocycles. The zero-order chi connectivity index (χ0) is 27.3. The number of esters is 1. The molecule has 0 aromatic heterocycles. The SMILES string of the molecule is CCCCOc1ccc(C(=O)Oc2ccc(/C=N/NC(=O)COc3ccccc3[N+](=O)[O-])cc2OC)cc1. The number of methoxy groups -OCH3 is 1. The van der Waals surface area contributed by atoms with Crippen LogP contribution in [-0.2, 0) is 4.79 Å². The summed E-state index contributed by atoms with van der Waals surface area (Å²) in [5, 5.41) is 14.9. The highest BCUT2D eigenvalue weighted by atomic mass is 16.6. The normalized spacial score (nSPS) is 10.6. The number of nitro groups is 1. The Kier molecular flexibility index (Phi) is 10.2. The quantitative estimate of drug-likeness (QED) is 0.0864. The third kappa shape index (κ3) is 8.05. The highest BCUT2D eigenvalue weighted by molar-refractivity contribution is 5.92. The average Bonchev–Trinajstić information content (AvgIpc) is 2.93. The van der Waals surface area contributed by atoms with Gasteiger partial charge >= 0.3 is 11.7 Å². The van der Waals surface area contributed by atoms with Crippen molar-refractivity contribution in [2.24, 2.45) is 5.10 Å². The van der Waals surface area contributed by atoms with Gasteiger partial charge in [0.2, 0.25) is 0 Å². The van der Waals surface area contributed by atoms with Crippen LogP contribution in [0.25, 0.3) is 0 Å². The monoisotopic (exact) mass is 521 g/mol. The molecule has 3 aromatic carbocycles. The van der Waals surface area contributed by atoms with Gasteiger partial charge in [0.1, 0.15) is 5.75 Å². The number of hydrazone groups is 1. The predicted molar refractivity (Wildman–Crippen MR) is 139 cm³/mol. The number of para-hydroxylation sites is 2. The number of nitrogens with one attached hydrogen (secondary N) is 1. The molecule has 0 saturated carbocycles. The van der Waals surface area contributed by atoms with Crippen LogP contribution in [0.2, 0.25) is 0 Å². The lowest BCUT2D eigenvalue weighted by Gasteiger charge is -2.10. The fourth-order valence-electron chi connectivity index (χ4n) is 3.11. The third-order valence-corrected chi connectivity index (χ3v) is 5.07. The van der Waals surface area contributed by atoms with Crippen LogP contribution in [0.3, 0.4) is 0 Å². The molecule has 3 rings (SSSR count). The largest absolute Gasteiger partial charge is 0.494 e. The molecule has 0 aliphatic rings. The molecule has 0 heterocycles. The summed E-state index contributed by atoms with van der Waals surface area (Å²) in [6.07, 6.45) is 3.34. The van der Waals surface area contributed by atoms with Gasteiger partial charge in [-0.25, -0.2) is 10.2 Å². The van der Waals surface area contributed by atoms with Gasteiger partial charge in [-0.1, -0.05) is 25.5 Å². The Morgan fingerprint density at radius 2 is 1.76 bits per heavy atom. The summed E-state index contributed by atoms with van der Waals surface area (Å²) in [4.78, 5) is 35.0. The molecule has 1 N–H and O–H groups in total. The molecule has 198 valence electrons. The van der Waals surface area contributed by atoms with E-state index in [1.807, 2.05) is 0 Å². The van der Waals surface area contributed by atoms with Gasteiger partial charge in [0.15, 0.2) is 23.9 Å². The molecule has 0 aliphatic heterocycles. The van der Waals surface area contributed by atoms with Crippen LogP contribution >= 0.6 is 0 Å². The summed E-state index contributed by atoms with van der Waals surface area (Å²) < 4.78 is 21.6. The highest BCUT2D eigenvalue weighted by Crippen LogP contribution is 2.29. The Labute approximate surface area is 219 Å². The van der Waals surface area contributed by atoms with Crippen LogP contribution in [0.15, 0.2) is 71.8 Å². The zero-order valence-corrected chi connectivity index (χ0v) is 20.9. The number of rotatable bonds is 13. The van der Waals surface area contributed by atoms with Crippen molar-refractivity contribution in [1.29, 1.82) is 0 Å². The van der Waals surface area contributed by atoms with Crippen LogP contribution in [0.1, 0.15) is 35.7 Å². The van der Waals surface area contributed by atoms with Crippen molar-refractivity contribution < 1.29 is 33.5 Å². The lowest BCUT2D eigenvalue weighted by atomic mass is 10.2. The van der Waals surface area contributed by atoms with Crippen LogP contribution in [0.5, 0.6) is 23.0 Å². The number of amides is 1. The molecule has 0 bridgehead atoms. The third-order valence-electron chi connectivity index (χ3n) is 5.07. The lowest BCUT2D eigenvalue weighted by molar-refractivity contribution is -0.385. The standard InChI is InChI=1S/C27H27N3O8/c1-3-4-15-36-21-12-10-20(11-13-21)27(32)38-24-14-9-19(16-25(24)35-2)17-28-29-26(31)18-37-23-8-6-5-7-22(23)30(33)34/h5-14,16-17H,3-4,15,18H2,1-2H3,(H,29,31)/b28-17+. The number of nitrogens with zero attached hydrogens (tertiary/aromatic N) is 2. The smallest absolute Gasteiger partial charge is 0.343 e. The highest BCUT2D eigenvalue weighted by Gasteiger charge is 2.15. The van der Waals surface area contributed by atoms with E-state index in [1.54, 1.807) is 48.5 Å². The first kappa shape index (κ1) is 27.7. The fourth-order valence-corrected chi connectivity index (χ4v) is 3.11. The molecule has 0 fully saturated rings. The van der Waals surface area contributed by atoms with Gasteiger partial charge in [-0.15, -0.1) is 0 Å². The van der Waals surface area contributed by atoms with Gasteiger partial charge in [-0.05, 0) is 60.5 Å². The summed E-state index contributed by atoms with van der Waals surface area (Å²) in [5.41, 5.74) is 2.93. The molecule has 0 radical (unpaired) electrons. The fraction of sp³-hybridized carbons (Fsp3) is 0.222. The molecule has 11 nitrogen and oxygen atoms in total. The molecule has 3 aromatic rings. The van der Waals surface area contributed by atoms with Gasteiger partial charge in [0, 0.05) is 6.07 Å². The maximum Gasteiger partial charge on any atom is 0.343 e. The van der Waals surface area contributed by atoms with Crippen molar-refractivity contribution in [3.63, 3.8) is 0 Å². The topological polar surface area (TPSA) is 139 Å². The van der Waals surface area contributed by atoms with E-state index in [9.17, 15) is 19.7 Å². The van der Waals surface area contributed by atoms with Gasteiger partial charge < -0.3 is 18.9 Å². The van der Waals surface area contributed by atoms with Crippen molar-refractivity contribution in [3.05, 3.63) is 88.0 Å². The van der Waals surface area contributed by atoms with E-state index in [4.69, 9.17) is 18.9 Å². The summed E-state index contributed by atoms with van der Waals surface area (Å²) in [6.45, 7) is 2.23. The van der Waals surface area contributed by atoms with E-state index in [-0.39, 0.29) is 22.9 Å². The van der Waals surface area contributed by atoms with Crippen molar-refractivity contribution in [2.45, 2.75) is 19.8 Å². The van der Waals surface area contributed by atoms with E-state index in [0.717, 1.165) is 12.8 Å². The van der Waals surface area contributed by atoms with Crippen LogP contribution < -0.4 is 24.4 Å². The lowest BCUT2D eigenvalue weighted by Crippen LogP contribution is -2.24. The van der Waals surface area contributed by atoms with E-state index < -0.39 is 23.4 Å². The van der Waals surface area contributed by atoms with Crippen LogP contribution in [0.4, 0.5) is 5.69 Å². The number of benzene rings is 3. The van der Waals surface area contributed by atoms with E-state index in [2.05, 4.69) is 17.5 Å². The Balaban J connectivity index is 1.54. The van der Waals surface area contributed by atoms with E-state index in [1.165, 1.54) is 31.5 Å². The van der Waals surface area contributed by atoms with Crippen molar-refractivity contribution in [2.75, 3.05) is 20.3 Å². The molecule has 0 spiro atoms. The maximum absolute atomic E-state index is 12.6. The maximum atomic E-state index is 12.6. The van der Waals surface area contributed by atoms with Gasteiger partial charge in [-0.2, -0.15) is 5.10 Å². The summed E-state index contributed by atoms with van der Waals surface area (Å²) in [6, 6.07) is 17.1. The minimum atomic E-state index is -0.612. The molecular weight excluding hydrogens is 494 g/mol. The number of hydrogen-bond donors (Lipinski definition) is 1. The van der Waals surface area contributed by atoms with E-state index in [0.29, 0.717) is 23.5 Å². The first-order valence-corrected chi connectivity index (χ1v) is 11.7. The zero-order valence-electron chi connectivity index (χ0n) is 20.9. The Hall–Kier alpha value is -4.93. The van der Waals surface area contributed by atoms with Crippen molar-refractivity contribution in [1.82, 2.24) is 5.43 Å². The molecular formula is C27H27N3O8. The molecule has 0 unspecified atom stereocenters. The summed E-state index contributed by atoms with van der Waals surface area (Å²) in [7, 11) is 1.43. The first-order chi connectivity index (χ1) is 18.4. The second-order valence-corrected chi connectivity index (χ2v) is 7.83. The summed E-state index contributed by atoms with van der Waals surface area (Å²) in [5.74, 6) is -0.0267. The molecule has 11 heteroatoms. The number of ether oxygens (including phenoxy) is 4. The number of hydrogen-bond acceptors (Lipinski definition) is 9. The molecule has 1 amide bonds. The number of carbonyl (C=O) groups is 2. The Bertz CT molecular complexity index is 1290. The Morgan fingerprint density at radius 3 is 2.47 bits per heavy atom. The molecule has 38 heavy (non-hydrogen) atoms. The van der Waals surface area contributed by atoms with E-state index >= 15 is 0 Å².